The average molecular weight is 368 g/mol. The maximum atomic E-state index is 13.8. The van der Waals surface area contributed by atoms with E-state index in [0.717, 1.165) is 0 Å². The van der Waals surface area contributed by atoms with E-state index < -0.39 is 17.4 Å². The lowest BCUT2D eigenvalue weighted by molar-refractivity contribution is 0.407. The number of benzene rings is 2. The molecule has 0 bridgehead atoms. The van der Waals surface area contributed by atoms with Crippen LogP contribution in [-0.2, 0) is 5.33 Å². The quantitative estimate of drug-likeness (QED) is 0.608. The van der Waals surface area contributed by atoms with E-state index in [1.807, 2.05) is 0 Å². The molecule has 0 spiro atoms. The monoisotopic (exact) mass is 366 g/mol. The first-order valence-corrected chi connectivity index (χ1v) is 7.06. The summed E-state index contributed by atoms with van der Waals surface area (Å²) in [5, 5.41) is 0.920. The largest absolute Gasteiger partial charge is 0.450 e. The summed E-state index contributed by atoms with van der Waals surface area (Å²) in [4.78, 5) is 0. The lowest BCUT2D eigenvalue weighted by Gasteiger charge is -2.10. The summed E-state index contributed by atoms with van der Waals surface area (Å²) in [6.45, 7) is 0. The lowest BCUT2D eigenvalue weighted by atomic mass is 10.2. The number of ether oxygens (including phenoxy) is 1. The van der Waals surface area contributed by atoms with Gasteiger partial charge in [-0.3, -0.25) is 0 Å². The van der Waals surface area contributed by atoms with E-state index in [2.05, 4.69) is 15.9 Å². The fraction of sp³-hybridized carbons (Fsp3) is 0.0769. The van der Waals surface area contributed by atoms with Crippen molar-refractivity contribution in [2.75, 3.05) is 0 Å². The van der Waals surface area contributed by atoms with Gasteiger partial charge >= 0.3 is 0 Å². The second kappa shape index (κ2) is 6.07. The maximum Gasteiger partial charge on any atom is 0.198 e. The molecule has 0 unspecified atom stereocenters. The zero-order chi connectivity index (χ0) is 14.0. The van der Waals surface area contributed by atoms with Gasteiger partial charge in [0, 0.05) is 16.4 Å². The van der Waals surface area contributed by atoms with Crippen LogP contribution in [0.3, 0.4) is 0 Å². The number of rotatable bonds is 3. The Morgan fingerprint density at radius 2 is 1.68 bits per heavy atom. The van der Waals surface area contributed by atoms with E-state index in [1.165, 1.54) is 24.3 Å². The Morgan fingerprint density at radius 1 is 1.05 bits per heavy atom. The molecule has 2 aromatic rings. The zero-order valence-corrected chi connectivity index (χ0v) is 12.5. The van der Waals surface area contributed by atoms with Gasteiger partial charge in [0.15, 0.2) is 17.4 Å². The van der Waals surface area contributed by atoms with Crippen LogP contribution in [0.25, 0.3) is 0 Å². The third-order valence-electron chi connectivity index (χ3n) is 2.32. The van der Waals surface area contributed by atoms with Crippen LogP contribution in [0.15, 0.2) is 30.3 Å². The van der Waals surface area contributed by atoms with E-state index >= 15 is 0 Å². The molecule has 2 rings (SSSR count). The van der Waals surface area contributed by atoms with Gasteiger partial charge in [0.05, 0.1) is 5.02 Å². The minimum absolute atomic E-state index is 0.0959. The molecule has 0 fully saturated rings. The molecular formula is C13H7BrCl2F2O. The fourth-order valence-corrected chi connectivity index (χ4v) is 2.09. The van der Waals surface area contributed by atoms with Gasteiger partial charge < -0.3 is 4.74 Å². The summed E-state index contributed by atoms with van der Waals surface area (Å²) in [7, 11) is 0. The first-order valence-electron chi connectivity index (χ1n) is 5.18. The average Bonchev–Trinajstić information content (AvgIpc) is 2.37. The summed E-state index contributed by atoms with van der Waals surface area (Å²) in [5.74, 6) is -2.01. The van der Waals surface area contributed by atoms with Gasteiger partial charge in [-0.25, -0.2) is 8.78 Å². The third-order valence-corrected chi connectivity index (χ3v) is 3.51. The van der Waals surface area contributed by atoms with Crippen LogP contribution in [0.5, 0.6) is 11.5 Å². The van der Waals surface area contributed by atoms with Crippen molar-refractivity contribution in [1.82, 2.24) is 0 Å². The van der Waals surface area contributed by atoms with Gasteiger partial charge in [-0.1, -0.05) is 39.1 Å². The summed E-state index contributed by atoms with van der Waals surface area (Å²) < 4.78 is 32.7. The van der Waals surface area contributed by atoms with Crippen molar-refractivity contribution in [3.05, 3.63) is 57.6 Å². The Labute approximate surface area is 127 Å². The molecule has 100 valence electrons. The predicted octanol–water partition coefficient (Wildman–Crippen LogP) is 5.96. The molecule has 0 aliphatic rings. The minimum Gasteiger partial charge on any atom is -0.450 e. The summed E-state index contributed by atoms with van der Waals surface area (Å²) in [6.07, 6.45) is 0. The lowest BCUT2D eigenvalue weighted by Crippen LogP contribution is -1.95. The molecule has 0 aliphatic carbocycles. The van der Waals surface area contributed by atoms with Crippen LogP contribution < -0.4 is 4.74 Å². The SMILES string of the molecule is Fc1cc(CBr)cc(F)c1Oc1cc(Cl)ccc1Cl. The fourth-order valence-electron chi connectivity index (χ4n) is 1.45. The van der Waals surface area contributed by atoms with E-state index in [1.54, 1.807) is 6.07 Å². The van der Waals surface area contributed by atoms with Gasteiger partial charge in [0.25, 0.3) is 0 Å². The molecule has 0 radical (unpaired) electrons. The molecular weight excluding hydrogens is 361 g/mol. The van der Waals surface area contributed by atoms with Crippen LogP contribution in [0, 0.1) is 11.6 Å². The van der Waals surface area contributed by atoms with E-state index in [9.17, 15) is 8.78 Å². The summed E-state index contributed by atoms with van der Waals surface area (Å²) in [5.41, 5.74) is 0.472. The van der Waals surface area contributed by atoms with E-state index in [-0.39, 0.29) is 10.8 Å². The number of hydrogen-bond donors (Lipinski definition) is 0. The van der Waals surface area contributed by atoms with Gasteiger partial charge in [-0.2, -0.15) is 0 Å². The van der Waals surface area contributed by atoms with Gasteiger partial charge in [-0.05, 0) is 29.8 Å². The second-order valence-electron chi connectivity index (χ2n) is 3.70. The smallest absolute Gasteiger partial charge is 0.198 e. The van der Waals surface area contributed by atoms with Crippen LogP contribution in [0.4, 0.5) is 8.78 Å². The summed E-state index contributed by atoms with van der Waals surface area (Å²) >= 11 is 14.8. The van der Waals surface area contributed by atoms with Crippen molar-refractivity contribution in [3.8, 4) is 11.5 Å². The van der Waals surface area contributed by atoms with Crippen molar-refractivity contribution in [3.63, 3.8) is 0 Å². The van der Waals surface area contributed by atoms with Gasteiger partial charge in [0.1, 0.15) is 5.75 Å². The molecule has 6 heteroatoms. The molecule has 0 amide bonds. The number of alkyl halides is 1. The van der Waals surface area contributed by atoms with Crippen LogP contribution in [0.2, 0.25) is 10.0 Å². The molecule has 0 saturated heterocycles. The standard InChI is InChI=1S/C13H7BrCl2F2O/c14-6-7-3-10(17)13(11(18)4-7)19-12-5-8(15)1-2-9(12)16/h1-5H,6H2. The molecule has 19 heavy (non-hydrogen) atoms. The first kappa shape index (κ1) is 14.6. The Morgan fingerprint density at radius 3 is 2.26 bits per heavy atom. The predicted molar refractivity (Wildman–Crippen MR) is 75.5 cm³/mol. The minimum atomic E-state index is -0.800. The van der Waals surface area contributed by atoms with Crippen LogP contribution in [0.1, 0.15) is 5.56 Å². The van der Waals surface area contributed by atoms with Crippen LogP contribution >= 0.6 is 39.1 Å². The van der Waals surface area contributed by atoms with Crippen molar-refractivity contribution < 1.29 is 13.5 Å². The molecule has 0 N–H and O–H groups in total. The van der Waals surface area contributed by atoms with E-state index in [0.29, 0.717) is 15.9 Å². The van der Waals surface area contributed by atoms with Crippen molar-refractivity contribution in [2.24, 2.45) is 0 Å². The maximum absolute atomic E-state index is 13.8. The second-order valence-corrected chi connectivity index (χ2v) is 5.10. The van der Waals surface area contributed by atoms with Crippen molar-refractivity contribution in [2.45, 2.75) is 5.33 Å². The third kappa shape index (κ3) is 3.38. The van der Waals surface area contributed by atoms with Crippen LogP contribution in [-0.4, -0.2) is 0 Å². The normalized spacial score (nSPS) is 10.6. The molecule has 0 saturated carbocycles. The Bertz CT molecular complexity index is 597. The molecule has 0 aliphatic heterocycles. The highest BCUT2D eigenvalue weighted by atomic mass is 79.9. The van der Waals surface area contributed by atoms with Crippen molar-refractivity contribution in [1.29, 1.82) is 0 Å². The Hall–Kier alpha value is -0.840. The van der Waals surface area contributed by atoms with Gasteiger partial charge in [0.2, 0.25) is 0 Å². The van der Waals surface area contributed by atoms with E-state index in [4.69, 9.17) is 27.9 Å². The Balaban J connectivity index is 2.41. The van der Waals surface area contributed by atoms with Crippen molar-refractivity contribution >= 4 is 39.1 Å². The highest BCUT2D eigenvalue weighted by molar-refractivity contribution is 9.08. The molecule has 0 heterocycles. The highest BCUT2D eigenvalue weighted by Crippen LogP contribution is 2.34. The molecule has 1 nitrogen and oxygen atoms in total. The number of halogens is 5. The molecule has 0 aromatic heterocycles. The van der Waals surface area contributed by atoms with Gasteiger partial charge in [-0.15, -0.1) is 0 Å². The highest BCUT2D eigenvalue weighted by Gasteiger charge is 2.15. The summed E-state index contributed by atoms with van der Waals surface area (Å²) in [6, 6.07) is 6.80. The Kier molecular flexibility index (Phi) is 4.66. The topological polar surface area (TPSA) is 9.23 Å². The molecule has 2 aromatic carbocycles. The zero-order valence-electron chi connectivity index (χ0n) is 9.39. The number of hydrogen-bond acceptors (Lipinski definition) is 1. The first-order chi connectivity index (χ1) is 9.01. The molecule has 0 atom stereocenters.